The summed E-state index contributed by atoms with van der Waals surface area (Å²) >= 11 is 0. The standard InChI is InChI=1S/C16H24N4O5S/c1-3-19(4-2)26(24,25)13-7-8-14(15(10-13)20(22)23)18-9-5-6-12(11-18)16(17)21/h7-8,10,12H,3-6,9,11H2,1-2H3,(H2,17,21)/t12-/m0/s1. The van der Waals surface area contributed by atoms with Crippen LogP contribution in [-0.2, 0) is 14.8 Å². The van der Waals surface area contributed by atoms with Crippen LogP contribution in [0.1, 0.15) is 26.7 Å². The van der Waals surface area contributed by atoms with Crippen molar-refractivity contribution >= 4 is 27.3 Å². The second-order valence-corrected chi connectivity index (χ2v) is 8.12. The molecule has 0 radical (unpaired) electrons. The van der Waals surface area contributed by atoms with Crippen LogP contribution < -0.4 is 10.6 Å². The molecule has 0 aliphatic carbocycles. The lowest BCUT2D eigenvalue weighted by Gasteiger charge is -2.32. The van der Waals surface area contributed by atoms with Crippen molar-refractivity contribution in [1.29, 1.82) is 0 Å². The molecule has 1 fully saturated rings. The zero-order valence-electron chi connectivity index (χ0n) is 14.9. The molecule has 0 aromatic heterocycles. The van der Waals surface area contributed by atoms with Crippen LogP contribution in [0, 0.1) is 16.0 Å². The Morgan fingerprint density at radius 2 is 2.04 bits per heavy atom. The molecule has 1 saturated heterocycles. The van der Waals surface area contributed by atoms with E-state index in [0.29, 0.717) is 25.1 Å². The van der Waals surface area contributed by atoms with E-state index in [2.05, 4.69) is 0 Å². The molecule has 1 atom stereocenters. The van der Waals surface area contributed by atoms with E-state index in [-0.39, 0.29) is 36.1 Å². The first-order valence-electron chi connectivity index (χ1n) is 8.55. The van der Waals surface area contributed by atoms with Crippen molar-refractivity contribution in [2.24, 2.45) is 11.7 Å². The highest BCUT2D eigenvalue weighted by atomic mass is 32.2. The summed E-state index contributed by atoms with van der Waals surface area (Å²) in [4.78, 5) is 24.0. The molecule has 1 heterocycles. The molecule has 9 nitrogen and oxygen atoms in total. The van der Waals surface area contributed by atoms with Gasteiger partial charge in [-0.1, -0.05) is 13.8 Å². The van der Waals surface area contributed by atoms with Crippen LogP contribution in [0.5, 0.6) is 0 Å². The minimum atomic E-state index is -3.79. The molecule has 1 aromatic rings. The first-order valence-corrected chi connectivity index (χ1v) is 9.99. The Labute approximate surface area is 153 Å². The number of nitro groups is 1. The predicted octanol–water partition coefficient (Wildman–Crippen LogP) is 1.33. The number of primary amides is 1. The van der Waals surface area contributed by atoms with E-state index < -0.39 is 20.9 Å². The van der Waals surface area contributed by atoms with Gasteiger partial charge in [0.15, 0.2) is 0 Å². The smallest absolute Gasteiger partial charge is 0.293 e. The number of nitro benzene ring substituents is 1. The van der Waals surface area contributed by atoms with Crippen LogP contribution in [0.3, 0.4) is 0 Å². The van der Waals surface area contributed by atoms with Crippen molar-refractivity contribution in [3.05, 3.63) is 28.3 Å². The number of carbonyl (C=O) groups excluding carboxylic acids is 1. The topological polar surface area (TPSA) is 127 Å². The van der Waals surface area contributed by atoms with Crippen molar-refractivity contribution in [3.63, 3.8) is 0 Å². The first-order chi connectivity index (χ1) is 12.2. The molecular weight excluding hydrogens is 360 g/mol. The lowest BCUT2D eigenvalue weighted by atomic mass is 9.97. The number of nitrogens with two attached hydrogens (primary N) is 1. The van der Waals surface area contributed by atoms with Gasteiger partial charge >= 0.3 is 0 Å². The fraction of sp³-hybridized carbons (Fsp3) is 0.562. The van der Waals surface area contributed by atoms with Gasteiger partial charge in [0.2, 0.25) is 15.9 Å². The summed E-state index contributed by atoms with van der Waals surface area (Å²) in [6.45, 7) is 4.82. The highest BCUT2D eigenvalue weighted by Gasteiger charge is 2.30. The molecule has 144 valence electrons. The van der Waals surface area contributed by atoms with Crippen LogP contribution in [0.4, 0.5) is 11.4 Å². The Morgan fingerprint density at radius 1 is 1.38 bits per heavy atom. The van der Waals surface area contributed by atoms with Gasteiger partial charge in [0.05, 0.1) is 15.7 Å². The van der Waals surface area contributed by atoms with Crippen molar-refractivity contribution in [3.8, 4) is 0 Å². The van der Waals surface area contributed by atoms with Gasteiger partial charge in [-0.3, -0.25) is 14.9 Å². The Kier molecular flexibility index (Phi) is 6.19. The molecule has 0 bridgehead atoms. The van der Waals surface area contributed by atoms with Crippen molar-refractivity contribution in [2.75, 3.05) is 31.1 Å². The Bertz CT molecular complexity index is 792. The number of hydrogen-bond donors (Lipinski definition) is 1. The van der Waals surface area contributed by atoms with Crippen LogP contribution in [0.15, 0.2) is 23.1 Å². The van der Waals surface area contributed by atoms with Gasteiger partial charge in [-0.25, -0.2) is 8.42 Å². The van der Waals surface area contributed by atoms with Gasteiger partial charge in [0.1, 0.15) is 5.69 Å². The third kappa shape index (κ3) is 3.96. The van der Waals surface area contributed by atoms with E-state index in [9.17, 15) is 23.3 Å². The van der Waals surface area contributed by atoms with Gasteiger partial charge in [0, 0.05) is 32.2 Å². The molecule has 26 heavy (non-hydrogen) atoms. The maximum absolute atomic E-state index is 12.6. The second-order valence-electron chi connectivity index (χ2n) is 6.18. The molecule has 10 heteroatoms. The van der Waals surface area contributed by atoms with E-state index >= 15 is 0 Å². The van der Waals surface area contributed by atoms with Crippen molar-refractivity contribution in [1.82, 2.24) is 4.31 Å². The number of carbonyl (C=O) groups is 1. The average Bonchev–Trinajstić information content (AvgIpc) is 2.62. The third-order valence-corrected chi connectivity index (χ3v) is 6.70. The number of amides is 1. The predicted molar refractivity (Wildman–Crippen MR) is 97.3 cm³/mol. The number of benzene rings is 1. The third-order valence-electron chi connectivity index (χ3n) is 4.65. The molecule has 0 spiro atoms. The summed E-state index contributed by atoms with van der Waals surface area (Å²) in [5.41, 5.74) is 5.38. The lowest BCUT2D eigenvalue weighted by Crippen LogP contribution is -2.41. The summed E-state index contributed by atoms with van der Waals surface area (Å²) in [6, 6.07) is 3.92. The number of rotatable bonds is 7. The molecule has 0 saturated carbocycles. The van der Waals surface area contributed by atoms with E-state index in [1.165, 1.54) is 16.4 Å². The molecule has 1 aliphatic heterocycles. The fourth-order valence-electron chi connectivity index (χ4n) is 3.22. The Balaban J connectivity index is 2.44. The van der Waals surface area contributed by atoms with Gasteiger partial charge in [0.25, 0.3) is 5.69 Å². The number of anilines is 1. The molecule has 1 amide bonds. The van der Waals surface area contributed by atoms with Gasteiger partial charge < -0.3 is 10.6 Å². The number of hydrogen-bond acceptors (Lipinski definition) is 6. The first kappa shape index (κ1) is 20.1. The number of piperidine rings is 1. The highest BCUT2D eigenvalue weighted by Crippen LogP contribution is 2.34. The Hall–Kier alpha value is -2.20. The van der Waals surface area contributed by atoms with Crippen molar-refractivity contribution in [2.45, 2.75) is 31.6 Å². The van der Waals surface area contributed by atoms with E-state index in [4.69, 9.17) is 5.73 Å². The summed E-state index contributed by atoms with van der Waals surface area (Å²) < 4.78 is 26.5. The largest absolute Gasteiger partial charge is 0.369 e. The maximum atomic E-state index is 12.6. The minimum absolute atomic E-state index is 0.111. The highest BCUT2D eigenvalue weighted by molar-refractivity contribution is 7.89. The average molecular weight is 384 g/mol. The molecule has 0 unspecified atom stereocenters. The monoisotopic (exact) mass is 384 g/mol. The molecular formula is C16H24N4O5S. The maximum Gasteiger partial charge on any atom is 0.293 e. The van der Waals surface area contributed by atoms with Crippen LogP contribution in [0.2, 0.25) is 0 Å². The number of nitrogens with zero attached hydrogens (tertiary/aromatic N) is 3. The summed E-state index contributed by atoms with van der Waals surface area (Å²) in [5, 5.41) is 11.5. The summed E-state index contributed by atoms with van der Waals surface area (Å²) in [5.74, 6) is -0.805. The fourth-order valence-corrected chi connectivity index (χ4v) is 4.70. The number of sulfonamides is 1. The molecule has 2 rings (SSSR count). The zero-order valence-corrected chi connectivity index (χ0v) is 15.7. The van der Waals surface area contributed by atoms with Gasteiger partial charge in [-0.05, 0) is 25.0 Å². The van der Waals surface area contributed by atoms with Crippen LogP contribution >= 0.6 is 0 Å². The van der Waals surface area contributed by atoms with E-state index in [1.54, 1.807) is 18.7 Å². The molecule has 1 aromatic carbocycles. The van der Waals surface area contributed by atoms with Crippen LogP contribution in [0.25, 0.3) is 0 Å². The molecule has 2 N–H and O–H groups in total. The summed E-state index contributed by atoms with van der Waals surface area (Å²) in [6.07, 6.45) is 1.33. The summed E-state index contributed by atoms with van der Waals surface area (Å²) in [7, 11) is -3.79. The molecule has 1 aliphatic rings. The van der Waals surface area contributed by atoms with Gasteiger partial charge in [-0.15, -0.1) is 0 Å². The van der Waals surface area contributed by atoms with E-state index in [0.717, 1.165) is 6.07 Å². The SMILES string of the molecule is CCN(CC)S(=O)(=O)c1ccc(N2CCC[C@H](C(N)=O)C2)c([N+](=O)[O-])c1. The van der Waals surface area contributed by atoms with Crippen molar-refractivity contribution < 1.29 is 18.1 Å². The zero-order chi connectivity index (χ0) is 19.5. The van der Waals surface area contributed by atoms with Crippen LogP contribution in [-0.4, -0.2) is 49.7 Å². The lowest BCUT2D eigenvalue weighted by molar-refractivity contribution is -0.384. The Morgan fingerprint density at radius 3 is 2.58 bits per heavy atom. The second kappa shape index (κ2) is 8.00. The van der Waals surface area contributed by atoms with E-state index in [1.807, 2.05) is 0 Å². The minimum Gasteiger partial charge on any atom is -0.369 e. The van der Waals surface area contributed by atoms with Gasteiger partial charge in [-0.2, -0.15) is 4.31 Å². The quantitative estimate of drug-likeness (QED) is 0.558. The normalized spacial score (nSPS) is 18.1.